The average molecular weight is 457 g/mol. The Balaban J connectivity index is 0.00000228. The van der Waals surface area contributed by atoms with E-state index in [9.17, 15) is 4.79 Å². The maximum Gasteiger partial charge on any atom is 0.150 e. The van der Waals surface area contributed by atoms with Crippen molar-refractivity contribution >= 4 is 29.6 Å². The van der Waals surface area contributed by atoms with Gasteiger partial charge in [-0.05, 0) is 65.6 Å². The van der Waals surface area contributed by atoms with Gasteiger partial charge in [0.15, 0.2) is 0 Å². The Kier molecular flexibility index (Phi) is 5.50. The third-order valence-electron chi connectivity index (χ3n) is 6.00. The summed E-state index contributed by atoms with van der Waals surface area (Å²) in [6.45, 7) is 1.90. The fourth-order valence-corrected chi connectivity index (χ4v) is 4.29. The molecule has 0 atom stereocenters. The SMILES string of the molecule is Cl.O=Cc1cccc(-c2ccc3[nH]nc(-c4cn(-c5ccc6c(c5)CNCC6)nn4)c3c2)c1. The van der Waals surface area contributed by atoms with E-state index in [-0.39, 0.29) is 12.4 Å². The summed E-state index contributed by atoms with van der Waals surface area (Å²) in [6, 6.07) is 20.1. The van der Waals surface area contributed by atoms with Crippen molar-refractivity contribution in [1.82, 2.24) is 30.5 Å². The predicted octanol–water partition coefficient (Wildman–Crippen LogP) is 4.36. The molecule has 7 nitrogen and oxygen atoms in total. The lowest BCUT2D eigenvalue weighted by Gasteiger charge is -2.17. The second-order valence-corrected chi connectivity index (χ2v) is 8.00. The highest BCUT2D eigenvalue weighted by Crippen LogP contribution is 2.30. The number of nitrogens with one attached hydrogen (secondary N) is 2. The number of rotatable bonds is 4. The third kappa shape index (κ3) is 3.82. The van der Waals surface area contributed by atoms with Crippen LogP contribution in [0.1, 0.15) is 21.5 Å². The van der Waals surface area contributed by atoms with Gasteiger partial charge >= 0.3 is 0 Å². The van der Waals surface area contributed by atoms with Crippen LogP contribution in [0.2, 0.25) is 0 Å². The number of fused-ring (bicyclic) bond motifs is 2. The molecule has 0 saturated carbocycles. The highest BCUT2D eigenvalue weighted by atomic mass is 35.5. The Bertz CT molecular complexity index is 1470. The Labute approximate surface area is 196 Å². The van der Waals surface area contributed by atoms with E-state index < -0.39 is 0 Å². The van der Waals surface area contributed by atoms with Crippen LogP contribution in [0.15, 0.2) is 66.9 Å². The first-order valence-corrected chi connectivity index (χ1v) is 10.6. The van der Waals surface area contributed by atoms with Gasteiger partial charge in [0.2, 0.25) is 0 Å². The zero-order valence-electron chi connectivity index (χ0n) is 17.7. The normalized spacial score (nSPS) is 12.8. The first-order chi connectivity index (χ1) is 15.8. The molecular formula is C25H21ClN6O. The summed E-state index contributed by atoms with van der Waals surface area (Å²) in [4.78, 5) is 11.2. The second-order valence-electron chi connectivity index (χ2n) is 8.00. The molecule has 1 aliphatic rings. The molecule has 0 aliphatic carbocycles. The van der Waals surface area contributed by atoms with Gasteiger partial charge in [-0.15, -0.1) is 17.5 Å². The molecule has 3 aromatic carbocycles. The molecule has 0 bridgehead atoms. The molecule has 0 spiro atoms. The van der Waals surface area contributed by atoms with Crippen LogP contribution >= 0.6 is 12.4 Å². The van der Waals surface area contributed by atoms with E-state index in [1.54, 1.807) is 10.7 Å². The summed E-state index contributed by atoms with van der Waals surface area (Å²) in [5.74, 6) is 0. The summed E-state index contributed by atoms with van der Waals surface area (Å²) in [5, 5.41) is 20.7. The molecule has 33 heavy (non-hydrogen) atoms. The van der Waals surface area contributed by atoms with Gasteiger partial charge in [0.1, 0.15) is 17.7 Å². The average Bonchev–Trinajstić information content (AvgIpc) is 3.50. The summed E-state index contributed by atoms with van der Waals surface area (Å²) < 4.78 is 1.79. The fraction of sp³-hybridized carbons (Fsp3) is 0.120. The summed E-state index contributed by atoms with van der Waals surface area (Å²) >= 11 is 0. The van der Waals surface area contributed by atoms with Gasteiger partial charge in [0.25, 0.3) is 0 Å². The maximum absolute atomic E-state index is 11.2. The molecule has 0 fully saturated rings. The van der Waals surface area contributed by atoms with Crippen LogP contribution < -0.4 is 5.32 Å². The minimum Gasteiger partial charge on any atom is -0.312 e. The van der Waals surface area contributed by atoms with Crippen LogP contribution in [-0.2, 0) is 13.0 Å². The molecule has 0 saturated heterocycles. The van der Waals surface area contributed by atoms with Crippen molar-refractivity contribution in [1.29, 1.82) is 0 Å². The van der Waals surface area contributed by atoms with Crippen molar-refractivity contribution in [3.8, 4) is 28.2 Å². The molecule has 0 radical (unpaired) electrons. The van der Waals surface area contributed by atoms with E-state index in [4.69, 9.17) is 0 Å². The standard InChI is InChI=1S/C25H20N6O.ClH/c32-15-16-2-1-3-18(10-16)19-5-7-23-22(12-19)25(29-27-23)24-14-31(30-28-24)21-6-4-17-8-9-26-13-20(17)11-21;/h1-7,10-12,14-15,26H,8-9,13H2,(H,27,29);1H. The second kappa shape index (κ2) is 8.61. The lowest BCUT2D eigenvalue weighted by atomic mass is 10.0. The maximum atomic E-state index is 11.2. The van der Waals surface area contributed by atoms with E-state index in [0.717, 1.165) is 59.2 Å². The molecule has 1 aliphatic heterocycles. The predicted molar refractivity (Wildman–Crippen MR) is 130 cm³/mol. The van der Waals surface area contributed by atoms with E-state index in [1.165, 1.54) is 11.1 Å². The third-order valence-corrected chi connectivity index (χ3v) is 6.00. The van der Waals surface area contributed by atoms with Gasteiger partial charge in [-0.3, -0.25) is 9.89 Å². The molecular weight excluding hydrogens is 436 g/mol. The topological polar surface area (TPSA) is 88.5 Å². The smallest absolute Gasteiger partial charge is 0.150 e. The van der Waals surface area contributed by atoms with Crippen molar-refractivity contribution in [2.45, 2.75) is 13.0 Å². The number of carbonyl (C=O) groups is 1. The Hall–Kier alpha value is -3.81. The van der Waals surface area contributed by atoms with E-state index in [0.29, 0.717) is 11.3 Å². The Morgan fingerprint density at radius 1 is 0.970 bits per heavy atom. The molecule has 2 aromatic heterocycles. The summed E-state index contributed by atoms with van der Waals surface area (Å²) in [7, 11) is 0. The van der Waals surface area contributed by atoms with Crippen LogP contribution in [0, 0.1) is 0 Å². The van der Waals surface area contributed by atoms with E-state index >= 15 is 0 Å². The number of aromatic amines is 1. The van der Waals surface area contributed by atoms with Gasteiger partial charge < -0.3 is 5.32 Å². The number of halogens is 1. The van der Waals surface area contributed by atoms with Crippen LogP contribution in [-0.4, -0.2) is 38.0 Å². The zero-order chi connectivity index (χ0) is 21.5. The summed E-state index contributed by atoms with van der Waals surface area (Å²) in [5.41, 5.74) is 8.69. The summed E-state index contributed by atoms with van der Waals surface area (Å²) in [6.07, 6.45) is 3.82. The minimum atomic E-state index is 0. The molecule has 164 valence electrons. The number of carbonyl (C=O) groups excluding carboxylic acids is 1. The van der Waals surface area contributed by atoms with Crippen LogP contribution in [0.3, 0.4) is 0 Å². The van der Waals surface area contributed by atoms with Gasteiger partial charge in [-0.1, -0.05) is 35.5 Å². The molecule has 5 aromatic rings. The van der Waals surface area contributed by atoms with Crippen molar-refractivity contribution in [3.05, 3.63) is 83.6 Å². The van der Waals surface area contributed by atoms with Crippen molar-refractivity contribution < 1.29 is 4.79 Å². The highest BCUT2D eigenvalue weighted by molar-refractivity contribution is 5.95. The van der Waals surface area contributed by atoms with Crippen LogP contribution in [0.4, 0.5) is 0 Å². The molecule has 0 amide bonds. The lowest BCUT2D eigenvalue weighted by molar-refractivity contribution is 0.112. The zero-order valence-corrected chi connectivity index (χ0v) is 18.5. The monoisotopic (exact) mass is 456 g/mol. The number of benzene rings is 3. The van der Waals surface area contributed by atoms with Crippen molar-refractivity contribution in [2.75, 3.05) is 6.54 Å². The number of aromatic nitrogens is 5. The Morgan fingerprint density at radius 2 is 1.88 bits per heavy atom. The highest BCUT2D eigenvalue weighted by Gasteiger charge is 2.15. The van der Waals surface area contributed by atoms with Crippen molar-refractivity contribution in [2.24, 2.45) is 0 Å². The largest absolute Gasteiger partial charge is 0.312 e. The van der Waals surface area contributed by atoms with E-state index in [2.05, 4.69) is 50.1 Å². The van der Waals surface area contributed by atoms with E-state index in [1.807, 2.05) is 36.5 Å². The number of nitrogens with zero attached hydrogens (tertiary/aromatic N) is 4. The quantitative estimate of drug-likeness (QED) is 0.392. The van der Waals surface area contributed by atoms with Crippen LogP contribution in [0.25, 0.3) is 39.1 Å². The molecule has 2 N–H and O–H groups in total. The van der Waals surface area contributed by atoms with Crippen LogP contribution in [0.5, 0.6) is 0 Å². The van der Waals surface area contributed by atoms with Gasteiger partial charge in [-0.25, -0.2) is 4.68 Å². The minimum absolute atomic E-state index is 0. The Morgan fingerprint density at radius 3 is 2.79 bits per heavy atom. The number of H-pyrrole nitrogens is 1. The number of hydrogen-bond donors (Lipinski definition) is 2. The number of hydrogen-bond acceptors (Lipinski definition) is 5. The van der Waals surface area contributed by atoms with Gasteiger partial charge in [0.05, 0.1) is 17.4 Å². The van der Waals surface area contributed by atoms with Gasteiger partial charge in [-0.2, -0.15) is 5.10 Å². The first kappa shape index (κ1) is 21.1. The lowest BCUT2D eigenvalue weighted by Crippen LogP contribution is -2.23. The first-order valence-electron chi connectivity index (χ1n) is 10.6. The van der Waals surface area contributed by atoms with Crippen molar-refractivity contribution in [3.63, 3.8) is 0 Å². The molecule has 8 heteroatoms. The van der Waals surface area contributed by atoms with Gasteiger partial charge in [0, 0.05) is 17.5 Å². The molecule has 0 unspecified atom stereocenters. The molecule has 3 heterocycles. The fourth-order valence-electron chi connectivity index (χ4n) is 4.29. The number of aldehydes is 1. The molecule has 6 rings (SSSR count).